The average Bonchev–Trinajstić information content (AvgIpc) is 3.18. The van der Waals surface area contributed by atoms with Crippen molar-refractivity contribution in [3.8, 4) is 0 Å². The molecule has 1 aliphatic heterocycles. The molecular formula is C18H24N2O5S. The van der Waals surface area contributed by atoms with Gasteiger partial charge in [0.1, 0.15) is 0 Å². The van der Waals surface area contributed by atoms with E-state index in [0.717, 1.165) is 4.88 Å². The van der Waals surface area contributed by atoms with Gasteiger partial charge in [0.2, 0.25) is 17.6 Å². The summed E-state index contributed by atoms with van der Waals surface area (Å²) in [5.74, 6) is -1.55. The summed E-state index contributed by atoms with van der Waals surface area (Å²) >= 11 is 1.26. The molecule has 2 amide bonds. The fraction of sp³-hybridized carbons (Fsp3) is 0.556. The zero-order chi connectivity index (χ0) is 19.4. The lowest BCUT2D eigenvalue weighted by Crippen LogP contribution is -2.33. The standard InChI is InChI=1S/C18H24N2O5S/c1-10(2)20-9-13(7-16(20)22)18(24)25-11(3)17(23)15-6-5-14(26-15)8-19-12(4)21/h5-6,10-11,13H,7-9H2,1-4H3,(H,19,21). The summed E-state index contributed by atoms with van der Waals surface area (Å²) in [4.78, 5) is 50.6. The van der Waals surface area contributed by atoms with Crippen molar-refractivity contribution in [1.29, 1.82) is 0 Å². The number of hydrogen-bond acceptors (Lipinski definition) is 6. The second-order valence-electron chi connectivity index (χ2n) is 6.66. The van der Waals surface area contributed by atoms with Crippen LogP contribution in [0.25, 0.3) is 0 Å². The highest BCUT2D eigenvalue weighted by atomic mass is 32.1. The van der Waals surface area contributed by atoms with Gasteiger partial charge in [0.15, 0.2) is 6.10 Å². The van der Waals surface area contributed by atoms with Crippen molar-refractivity contribution in [3.63, 3.8) is 0 Å². The van der Waals surface area contributed by atoms with E-state index in [2.05, 4.69) is 5.32 Å². The van der Waals surface area contributed by atoms with Crippen molar-refractivity contribution in [2.24, 2.45) is 5.92 Å². The molecule has 2 heterocycles. The molecule has 1 N–H and O–H groups in total. The highest BCUT2D eigenvalue weighted by Crippen LogP contribution is 2.23. The lowest BCUT2D eigenvalue weighted by Gasteiger charge is -2.21. The molecule has 0 radical (unpaired) electrons. The van der Waals surface area contributed by atoms with Gasteiger partial charge in [-0.3, -0.25) is 19.2 Å². The summed E-state index contributed by atoms with van der Waals surface area (Å²) in [6.07, 6.45) is -0.796. The molecule has 0 aliphatic carbocycles. The van der Waals surface area contributed by atoms with Crippen molar-refractivity contribution in [3.05, 3.63) is 21.9 Å². The molecule has 2 unspecified atom stereocenters. The van der Waals surface area contributed by atoms with E-state index in [1.165, 1.54) is 25.2 Å². The van der Waals surface area contributed by atoms with E-state index < -0.39 is 18.0 Å². The lowest BCUT2D eigenvalue weighted by molar-refractivity contribution is -0.151. The van der Waals surface area contributed by atoms with Gasteiger partial charge in [0.25, 0.3) is 0 Å². The number of ether oxygens (including phenoxy) is 1. The third-order valence-corrected chi connectivity index (χ3v) is 5.29. The molecule has 2 atom stereocenters. The van der Waals surface area contributed by atoms with E-state index >= 15 is 0 Å². The number of nitrogens with zero attached hydrogens (tertiary/aromatic N) is 1. The fourth-order valence-electron chi connectivity index (χ4n) is 2.73. The quantitative estimate of drug-likeness (QED) is 0.575. The summed E-state index contributed by atoms with van der Waals surface area (Å²) in [6.45, 7) is 7.44. The van der Waals surface area contributed by atoms with E-state index in [4.69, 9.17) is 4.74 Å². The number of rotatable bonds is 7. The summed E-state index contributed by atoms with van der Waals surface area (Å²) < 4.78 is 5.30. The third-order valence-electron chi connectivity index (χ3n) is 4.19. The third kappa shape index (κ3) is 4.91. The lowest BCUT2D eigenvalue weighted by atomic mass is 10.1. The zero-order valence-electron chi connectivity index (χ0n) is 15.4. The van der Waals surface area contributed by atoms with E-state index in [1.807, 2.05) is 13.8 Å². The Morgan fingerprint density at radius 1 is 1.31 bits per heavy atom. The Bertz CT molecular complexity index is 712. The molecule has 7 nitrogen and oxygen atoms in total. The van der Waals surface area contributed by atoms with Crippen LogP contribution in [0, 0.1) is 5.92 Å². The molecule has 1 fully saturated rings. The maximum Gasteiger partial charge on any atom is 0.311 e. The maximum atomic E-state index is 12.5. The van der Waals surface area contributed by atoms with Crippen LogP contribution in [-0.4, -0.2) is 47.2 Å². The average molecular weight is 380 g/mol. The smallest absolute Gasteiger partial charge is 0.311 e. The number of hydrogen-bond donors (Lipinski definition) is 1. The van der Waals surface area contributed by atoms with Gasteiger partial charge in [-0.25, -0.2) is 0 Å². The first-order chi connectivity index (χ1) is 12.2. The molecule has 0 saturated carbocycles. The summed E-state index contributed by atoms with van der Waals surface area (Å²) in [5.41, 5.74) is 0. The molecule has 1 aromatic heterocycles. The van der Waals surface area contributed by atoms with Crippen molar-refractivity contribution in [2.75, 3.05) is 6.54 Å². The number of amides is 2. The topological polar surface area (TPSA) is 92.8 Å². The van der Waals surface area contributed by atoms with E-state index in [-0.39, 0.29) is 30.1 Å². The molecular weight excluding hydrogens is 356 g/mol. The molecule has 1 saturated heterocycles. The Labute approximate surface area is 156 Å². The number of likely N-dealkylation sites (tertiary alicyclic amines) is 1. The first kappa shape index (κ1) is 20.1. The van der Waals surface area contributed by atoms with Gasteiger partial charge in [-0.15, -0.1) is 11.3 Å². The zero-order valence-corrected chi connectivity index (χ0v) is 16.2. The predicted molar refractivity (Wildman–Crippen MR) is 96.7 cm³/mol. The van der Waals surface area contributed by atoms with Crippen molar-refractivity contribution in [1.82, 2.24) is 10.2 Å². The monoisotopic (exact) mass is 380 g/mol. The Morgan fingerprint density at radius 2 is 2.00 bits per heavy atom. The minimum Gasteiger partial charge on any atom is -0.454 e. The maximum absolute atomic E-state index is 12.5. The van der Waals surface area contributed by atoms with Gasteiger partial charge in [0, 0.05) is 30.8 Å². The van der Waals surface area contributed by atoms with Crippen LogP contribution in [0.5, 0.6) is 0 Å². The van der Waals surface area contributed by atoms with E-state index in [9.17, 15) is 19.2 Å². The van der Waals surface area contributed by atoms with Crippen molar-refractivity contribution >= 4 is 34.9 Å². The van der Waals surface area contributed by atoms with Gasteiger partial charge in [-0.1, -0.05) is 0 Å². The first-order valence-electron chi connectivity index (χ1n) is 8.56. The number of ketones is 1. The van der Waals surface area contributed by atoms with Crippen LogP contribution in [-0.2, 0) is 25.7 Å². The van der Waals surface area contributed by atoms with Crippen molar-refractivity contribution in [2.45, 2.75) is 52.8 Å². The van der Waals surface area contributed by atoms with Crippen LogP contribution in [0.3, 0.4) is 0 Å². The van der Waals surface area contributed by atoms with Crippen LogP contribution in [0.15, 0.2) is 12.1 Å². The molecule has 8 heteroatoms. The van der Waals surface area contributed by atoms with Crippen LogP contribution in [0.4, 0.5) is 0 Å². The number of nitrogens with one attached hydrogen (secondary N) is 1. The molecule has 1 aliphatic rings. The van der Waals surface area contributed by atoms with Crippen LogP contribution in [0.1, 0.15) is 48.7 Å². The van der Waals surface area contributed by atoms with E-state index in [0.29, 0.717) is 18.0 Å². The van der Waals surface area contributed by atoms with Gasteiger partial charge in [-0.2, -0.15) is 0 Å². The first-order valence-corrected chi connectivity index (χ1v) is 9.38. The second kappa shape index (κ2) is 8.44. The normalized spacial score (nSPS) is 18.1. The summed E-state index contributed by atoms with van der Waals surface area (Å²) in [6, 6.07) is 3.46. The number of esters is 1. The Hall–Kier alpha value is -2.22. The minimum absolute atomic E-state index is 0.0347. The van der Waals surface area contributed by atoms with Gasteiger partial charge in [0.05, 0.1) is 17.3 Å². The summed E-state index contributed by atoms with van der Waals surface area (Å²) in [5, 5.41) is 2.67. The number of Topliss-reactive ketones (excluding diaryl/α,β-unsaturated/α-hetero) is 1. The largest absolute Gasteiger partial charge is 0.454 e. The Balaban J connectivity index is 1.91. The Kier molecular flexibility index (Phi) is 6.52. The summed E-state index contributed by atoms with van der Waals surface area (Å²) in [7, 11) is 0. The highest BCUT2D eigenvalue weighted by molar-refractivity contribution is 7.14. The molecule has 2 rings (SSSR count). The minimum atomic E-state index is -0.919. The predicted octanol–water partition coefficient (Wildman–Crippen LogP) is 1.76. The fourth-order valence-corrected chi connectivity index (χ4v) is 3.70. The van der Waals surface area contributed by atoms with Crippen molar-refractivity contribution < 1.29 is 23.9 Å². The Morgan fingerprint density at radius 3 is 2.58 bits per heavy atom. The van der Waals surface area contributed by atoms with Gasteiger partial charge in [-0.05, 0) is 32.9 Å². The highest BCUT2D eigenvalue weighted by Gasteiger charge is 2.37. The molecule has 142 valence electrons. The number of carbonyl (C=O) groups is 4. The van der Waals surface area contributed by atoms with Crippen LogP contribution in [0.2, 0.25) is 0 Å². The van der Waals surface area contributed by atoms with Crippen LogP contribution >= 0.6 is 11.3 Å². The molecule has 0 aromatic carbocycles. The number of thiophene rings is 1. The molecule has 0 spiro atoms. The van der Waals surface area contributed by atoms with Crippen LogP contribution < -0.4 is 5.32 Å². The number of carbonyl (C=O) groups excluding carboxylic acids is 4. The SMILES string of the molecule is CC(=O)NCc1ccc(C(=O)C(C)OC(=O)C2CC(=O)N(C(C)C)C2)s1. The van der Waals surface area contributed by atoms with E-state index in [1.54, 1.807) is 17.0 Å². The molecule has 26 heavy (non-hydrogen) atoms. The molecule has 0 bridgehead atoms. The van der Waals surface area contributed by atoms with Gasteiger partial charge >= 0.3 is 5.97 Å². The second-order valence-corrected chi connectivity index (χ2v) is 7.83. The molecule has 1 aromatic rings. The van der Waals surface area contributed by atoms with Gasteiger partial charge < -0.3 is 15.0 Å².